The predicted molar refractivity (Wildman–Crippen MR) is 74.7 cm³/mol. The normalized spacial score (nSPS) is 30.1. The highest BCUT2D eigenvalue weighted by atomic mass is 32.1. The SMILES string of the molecule is c1cc(C2CCCCCC2CNC2CC2)cs1. The molecular weight excluding hydrogens is 226 g/mol. The van der Waals surface area contributed by atoms with Gasteiger partial charge in [0.15, 0.2) is 0 Å². The second kappa shape index (κ2) is 5.53. The largest absolute Gasteiger partial charge is 0.314 e. The van der Waals surface area contributed by atoms with Crippen molar-refractivity contribution < 1.29 is 0 Å². The average molecular weight is 249 g/mol. The molecule has 1 aromatic rings. The molecule has 2 heteroatoms. The van der Waals surface area contributed by atoms with E-state index >= 15 is 0 Å². The lowest BCUT2D eigenvalue weighted by Gasteiger charge is -2.25. The second-order valence-electron chi connectivity index (χ2n) is 5.74. The van der Waals surface area contributed by atoms with Crippen molar-refractivity contribution in [1.29, 1.82) is 0 Å². The van der Waals surface area contributed by atoms with E-state index in [0.717, 1.165) is 17.9 Å². The van der Waals surface area contributed by atoms with Crippen LogP contribution in [0.25, 0.3) is 0 Å². The number of hydrogen-bond donors (Lipinski definition) is 1. The number of nitrogens with one attached hydrogen (secondary N) is 1. The van der Waals surface area contributed by atoms with E-state index in [1.165, 1.54) is 51.5 Å². The molecule has 0 bridgehead atoms. The Balaban J connectivity index is 1.66. The van der Waals surface area contributed by atoms with Crippen molar-refractivity contribution in [3.8, 4) is 0 Å². The van der Waals surface area contributed by atoms with Crippen LogP contribution in [-0.4, -0.2) is 12.6 Å². The summed E-state index contributed by atoms with van der Waals surface area (Å²) in [5.74, 6) is 1.71. The Morgan fingerprint density at radius 3 is 2.76 bits per heavy atom. The summed E-state index contributed by atoms with van der Waals surface area (Å²) in [5, 5.41) is 8.37. The molecule has 2 aliphatic carbocycles. The summed E-state index contributed by atoms with van der Waals surface area (Å²) >= 11 is 1.86. The maximum absolute atomic E-state index is 3.75. The zero-order chi connectivity index (χ0) is 11.5. The molecule has 0 aliphatic heterocycles. The summed E-state index contributed by atoms with van der Waals surface area (Å²) in [6, 6.07) is 3.21. The summed E-state index contributed by atoms with van der Waals surface area (Å²) in [5.41, 5.74) is 1.61. The molecule has 0 saturated heterocycles. The minimum atomic E-state index is 0.829. The maximum Gasteiger partial charge on any atom is 0.00683 e. The number of hydrogen-bond acceptors (Lipinski definition) is 2. The summed E-state index contributed by atoms with van der Waals surface area (Å²) in [7, 11) is 0. The molecule has 0 aromatic carbocycles. The monoisotopic (exact) mass is 249 g/mol. The first kappa shape index (κ1) is 11.7. The van der Waals surface area contributed by atoms with Crippen LogP contribution in [0.15, 0.2) is 16.8 Å². The minimum Gasteiger partial charge on any atom is -0.314 e. The topological polar surface area (TPSA) is 12.0 Å². The van der Waals surface area contributed by atoms with Crippen LogP contribution in [0.2, 0.25) is 0 Å². The molecular formula is C15H23NS. The summed E-state index contributed by atoms with van der Waals surface area (Å²) in [6.45, 7) is 1.26. The predicted octanol–water partition coefficient (Wildman–Crippen LogP) is 4.16. The number of rotatable bonds is 4. The lowest BCUT2D eigenvalue weighted by molar-refractivity contribution is 0.375. The molecule has 2 aliphatic rings. The Bertz CT molecular complexity index is 329. The fourth-order valence-electron chi connectivity index (χ4n) is 3.16. The summed E-state index contributed by atoms with van der Waals surface area (Å²) in [6.07, 6.45) is 9.98. The van der Waals surface area contributed by atoms with Gasteiger partial charge in [-0.05, 0) is 66.5 Å². The molecule has 94 valence electrons. The Hall–Kier alpha value is -0.340. The molecule has 2 saturated carbocycles. The van der Waals surface area contributed by atoms with Gasteiger partial charge >= 0.3 is 0 Å². The zero-order valence-electron chi connectivity index (χ0n) is 10.5. The van der Waals surface area contributed by atoms with Gasteiger partial charge < -0.3 is 5.32 Å². The first-order valence-electron chi connectivity index (χ1n) is 7.19. The van der Waals surface area contributed by atoms with Crippen LogP contribution in [-0.2, 0) is 0 Å². The van der Waals surface area contributed by atoms with Crippen molar-refractivity contribution in [3.05, 3.63) is 22.4 Å². The van der Waals surface area contributed by atoms with Crippen molar-refractivity contribution in [2.45, 2.75) is 56.9 Å². The molecule has 1 nitrogen and oxygen atoms in total. The highest BCUT2D eigenvalue weighted by Gasteiger charge is 2.28. The molecule has 3 rings (SSSR count). The van der Waals surface area contributed by atoms with Gasteiger partial charge in [0.2, 0.25) is 0 Å². The van der Waals surface area contributed by atoms with E-state index in [0.29, 0.717) is 0 Å². The zero-order valence-corrected chi connectivity index (χ0v) is 11.3. The Morgan fingerprint density at radius 2 is 2.00 bits per heavy atom. The van der Waals surface area contributed by atoms with Gasteiger partial charge in [0.1, 0.15) is 0 Å². The van der Waals surface area contributed by atoms with Gasteiger partial charge in [-0.15, -0.1) is 0 Å². The fourth-order valence-corrected chi connectivity index (χ4v) is 3.88. The standard InChI is InChI=1S/C15H23NS/c1-2-4-12(10-16-14-6-7-14)15(5-3-1)13-8-9-17-11-13/h8-9,11-12,14-16H,1-7,10H2. The summed E-state index contributed by atoms with van der Waals surface area (Å²) < 4.78 is 0. The molecule has 2 atom stereocenters. The van der Waals surface area contributed by atoms with Crippen LogP contribution in [0.1, 0.15) is 56.4 Å². The molecule has 2 unspecified atom stereocenters. The van der Waals surface area contributed by atoms with Crippen molar-refractivity contribution in [3.63, 3.8) is 0 Å². The van der Waals surface area contributed by atoms with E-state index in [1.54, 1.807) is 5.56 Å². The van der Waals surface area contributed by atoms with Gasteiger partial charge in [-0.1, -0.05) is 19.3 Å². The van der Waals surface area contributed by atoms with Crippen molar-refractivity contribution in [2.24, 2.45) is 5.92 Å². The highest BCUT2D eigenvalue weighted by Crippen LogP contribution is 2.37. The third-order valence-corrected chi connectivity index (χ3v) is 5.08. The van der Waals surface area contributed by atoms with Gasteiger partial charge in [-0.2, -0.15) is 11.3 Å². The maximum atomic E-state index is 3.75. The van der Waals surface area contributed by atoms with Crippen molar-refractivity contribution in [2.75, 3.05) is 6.54 Å². The van der Waals surface area contributed by atoms with Crippen LogP contribution in [0.4, 0.5) is 0 Å². The average Bonchev–Trinajstić information content (AvgIpc) is 3.08. The van der Waals surface area contributed by atoms with Crippen LogP contribution in [0.3, 0.4) is 0 Å². The van der Waals surface area contributed by atoms with Crippen LogP contribution in [0.5, 0.6) is 0 Å². The lowest BCUT2D eigenvalue weighted by atomic mass is 9.83. The van der Waals surface area contributed by atoms with Gasteiger partial charge in [0, 0.05) is 6.04 Å². The van der Waals surface area contributed by atoms with Gasteiger partial charge in [0.05, 0.1) is 0 Å². The fraction of sp³-hybridized carbons (Fsp3) is 0.733. The van der Waals surface area contributed by atoms with E-state index in [9.17, 15) is 0 Å². The molecule has 0 radical (unpaired) electrons. The van der Waals surface area contributed by atoms with Gasteiger partial charge in [-0.25, -0.2) is 0 Å². The third kappa shape index (κ3) is 3.11. The van der Waals surface area contributed by atoms with Crippen LogP contribution >= 0.6 is 11.3 Å². The molecule has 0 amide bonds. The number of thiophene rings is 1. The Labute approximate surface area is 109 Å². The first-order valence-corrected chi connectivity index (χ1v) is 8.13. The molecule has 0 spiro atoms. The van der Waals surface area contributed by atoms with E-state index in [1.807, 2.05) is 11.3 Å². The smallest absolute Gasteiger partial charge is 0.00683 e. The van der Waals surface area contributed by atoms with Crippen LogP contribution < -0.4 is 5.32 Å². The molecule has 1 heterocycles. The molecule has 1 N–H and O–H groups in total. The third-order valence-electron chi connectivity index (χ3n) is 4.38. The van der Waals surface area contributed by atoms with Crippen LogP contribution in [0, 0.1) is 5.92 Å². The van der Waals surface area contributed by atoms with E-state index in [2.05, 4.69) is 22.1 Å². The van der Waals surface area contributed by atoms with Crippen molar-refractivity contribution >= 4 is 11.3 Å². The molecule has 2 fully saturated rings. The van der Waals surface area contributed by atoms with Gasteiger partial charge in [-0.3, -0.25) is 0 Å². The van der Waals surface area contributed by atoms with Crippen molar-refractivity contribution in [1.82, 2.24) is 5.32 Å². The highest BCUT2D eigenvalue weighted by molar-refractivity contribution is 7.07. The lowest BCUT2D eigenvalue weighted by Crippen LogP contribution is -2.28. The van der Waals surface area contributed by atoms with E-state index < -0.39 is 0 Å². The van der Waals surface area contributed by atoms with Gasteiger partial charge in [0.25, 0.3) is 0 Å². The van der Waals surface area contributed by atoms with E-state index in [4.69, 9.17) is 0 Å². The Morgan fingerprint density at radius 1 is 1.12 bits per heavy atom. The minimum absolute atomic E-state index is 0.829. The van der Waals surface area contributed by atoms with E-state index in [-0.39, 0.29) is 0 Å². The second-order valence-corrected chi connectivity index (χ2v) is 6.52. The quantitative estimate of drug-likeness (QED) is 0.790. The Kier molecular flexibility index (Phi) is 3.82. The first-order chi connectivity index (χ1) is 8.43. The summed E-state index contributed by atoms with van der Waals surface area (Å²) in [4.78, 5) is 0. The molecule has 17 heavy (non-hydrogen) atoms. The molecule has 1 aromatic heterocycles.